The molecule has 7 rings (SSSR count). The van der Waals surface area contributed by atoms with Gasteiger partial charge < -0.3 is 5.32 Å². The van der Waals surface area contributed by atoms with Crippen LogP contribution in [0, 0.1) is 34.5 Å². The normalized spacial score (nSPS) is 48.0. The number of amides is 1. The van der Waals surface area contributed by atoms with E-state index in [9.17, 15) is 13.2 Å². The van der Waals surface area contributed by atoms with Gasteiger partial charge in [0.05, 0.1) is 5.75 Å². The van der Waals surface area contributed by atoms with E-state index >= 15 is 0 Å². The van der Waals surface area contributed by atoms with Crippen LogP contribution >= 0.6 is 0 Å². The van der Waals surface area contributed by atoms with Crippen molar-refractivity contribution in [1.29, 1.82) is 0 Å². The van der Waals surface area contributed by atoms with Gasteiger partial charge in [0.25, 0.3) is 0 Å². The Balaban J connectivity index is 1.25. The first kappa shape index (κ1) is 18.4. The van der Waals surface area contributed by atoms with Gasteiger partial charge in [-0.3, -0.25) is 4.79 Å². The van der Waals surface area contributed by atoms with E-state index in [1.165, 1.54) is 32.1 Å². The smallest absolute Gasteiger partial charge is 0.226 e. The molecule has 1 amide bonds. The molecule has 7 aliphatic carbocycles. The summed E-state index contributed by atoms with van der Waals surface area (Å²) < 4.78 is 24.4. The molecule has 7 aliphatic rings. The summed E-state index contributed by atoms with van der Waals surface area (Å²) in [6.45, 7) is 1.75. The average molecular weight is 394 g/mol. The summed E-state index contributed by atoms with van der Waals surface area (Å²) in [4.78, 5) is 13.4. The zero-order valence-corrected chi connectivity index (χ0v) is 17.5. The third kappa shape index (κ3) is 3.07. The van der Waals surface area contributed by atoms with Gasteiger partial charge in [0, 0.05) is 17.2 Å². The quantitative estimate of drug-likeness (QED) is 0.774. The van der Waals surface area contributed by atoms with Crippen molar-refractivity contribution in [3.05, 3.63) is 0 Å². The average Bonchev–Trinajstić information content (AvgIpc) is 2.65. The van der Waals surface area contributed by atoms with E-state index in [1.54, 1.807) is 6.92 Å². The lowest BCUT2D eigenvalue weighted by Gasteiger charge is -2.56. The van der Waals surface area contributed by atoms with Gasteiger partial charge in [-0.2, -0.15) is 0 Å². The van der Waals surface area contributed by atoms with Crippen LogP contribution in [0.1, 0.15) is 77.6 Å². The van der Waals surface area contributed by atoms with Crippen molar-refractivity contribution in [2.24, 2.45) is 34.5 Å². The molecule has 152 valence electrons. The van der Waals surface area contributed by atoms with E-state index in [0.717, 1.165) is 62.2 Å². The maximum atomic E-state index is 13.4. The highest BCUT2D eigenvalue weighted by atomic mass is 32.2. The SMILES string of the molecule is CCS(=O)(=O)CC12CCC(C(=O)NC3C4CC5CC(C4)CC3C5)(CC1)CC2. The molecule has 0 aromatic heterocycles. The van der Waals surface area contributed by atoms with Crippen molar-refractivity contribution in [2.75, 3.05) is 11.5 Å². The Hall–Kier alpha value is -0.580. The van der Waals surface area contributed by atoms with E-state index in [1.807, 2.05) is 0 Å². The van der Waals surface area contributed by atoms with Crippen molar-refractivity contribution in [3.63, 3.8) is 0 Å². The first-order chi connectivity index (χ1) is 12.8. The Morgan fingerprint density at radius 1 is 0.889 bits per heavy atom. The van der Waals surface area contributed by atoms with Gasteiger partial charge in [-0.25, -0.2) is 8.42 Å². The van der Waals surface area contributed by atoms with Crippen molar-refractivity contribution in [1.82, 2.24) is 5.32 Å². The van der Waals surface area contributed by atoms with E-state index in [0.29, 0.717) is 17.7 Å². The summed E-state index contributed by atoms with van der Waals surface area (Å²) >= 11 is 0. The molecule has 0 spiro atoms. The Morgan fingerprint density at radius 2 is 1.41 bits per heavy atom. The second-order valence-corrected chi connectivity index (χ2v) is 13.2. The highest BCUT2D eigenvalue weighted by Gasteiger charge is 2.55. The van der Waals surface area contributed by atoms with Crippen LogP contribution in [0.4, 0.5) is 0 Å². The Morgan fingerprint density at radius 3 is 1.89 bits per heavy atom. The minimum atomic E-state index is -2.94. The number of hydrogen-bond acceptors (Lipinski definition) is 3. The van der Waals surface area contributed by atoms with Gasteiger partial charge in [-0.05, 0) is 99.7 Å². The van der Waals surface area contributed by atoms with Crippen LogP contribution in [0.3, 0.4) is 0 Å². The van der Waals surface area contributed by atoms with Gasteiger partial charge in [0.2, 0.25) is 5.91 Å². The van der Waals surface area contributed by atoms with Crippen LogP contribution < -0.4 is 5.32 Å². The summed E-state index contributed by atoms with van der Waals surface area (Å²) in [6, 6.07) is 0.425. The Labute approximate surface area is 164 Å². The molecule has 27 heavy (non-hydrogen) atoms. The van der Waals surface area contributed by atoms with Crippen LogP contribution in [0.15, 0.2) is 0 Å². The predicted molar refractivity (Wildman–Crippen MR) is 106 cm³/mol. The van der Waals surface area contributed by atoms with Crippen LogP contribution in [-0.2, 0) is 14.6 Å². The topological polar surface area (TPSA) is 63.2 Å². The third-order valence-electron chi connectivity index (χ3n) is 9.37. The third-order valence-corrected chi connectivity index (χ3v) is 11.3. The zero-order chi connectivity index (χ0) is 18.9. The fourth-order valence-corrected chi connectivity index (χ4v) is 9.42. The number of carbonyl (C=O) groups excluding carboxylic acids is 1. The van der Waals surface area contributed by atoms with Crippen molar-refractivity contribution < 1.29 is 13.2 Å². The number of sulfone groups is 1. The second-order valence-electron chi connectivity index (χ2n) is 10.9. The molecule has 0 saturated heterocycles. The molecule has 6 bridgehead atoms. The first-order valence-corrected chi connectivity index (χ1v) is 13.2. The minimum absolute atomic E-state index is 0.0422. The molecule has 4 nitrogen and oxygen atoms in total. The number of rotatable bonds is 5. The summed E-state index contributed by atoms with van der Waals surface area (Å²) in [5.74, 6) is 4.21. The van der Waals surface area contributed by atoms with Gasteiger partial charge in [-0.1, -0.05) is 6.92 Å². The molecule has 0 atom stereocenters. The van der Waals surface area contributed by atoms with Gasteiger partial charge in [0.1, 0.15) is 0 Å². The lowest BCUT2D eigenvalue weighted by molar-refractivity contribution is -0.143. The standard InChI is InChI=1S/C22H35NO3S/c1-2-27(25,26)14-21-3-6-22(7-4-21,8-5-21)20(24)23-19-17-10-15-9-16(12-17)13-18(19)11-15/h15-19H,2-14H2,1H3,(H,23,24). The van der Waals surface area contributed by atoms with E-state index in [-0.39, 0.29) is 16.6 Å². The second kappa shape index (κ2) is 6.21. The number of nitrogens with one attached hydrogen (secondary N) is 1. The van der Waals surface area contributed by atoms with Gasteiger partial charge in [0.15, 0.2) is 9.84 Å². The van der Waals surface area contributed by atoms with E-state index in [4.69, 9.17) is 0 Å². The largest absolute Gasteiger partial charge is 0.352 e. The molecule has 7 fully saturated rings. The molecule has 0 aromatic rings. The van der Waals surface area contributed by atoms with Crippen LogP contribution in [-0.4, -0.2) is 31.9 Å². The molecular formula is C22H35NO3S. The highest BCUT2D eigenvalue weighted by molar-refractivity contribution is 7.91. The van der Waals surface area contributed by atoms with Crippen LogP contribution in [0.5, 0.6) is 0 Å². The van der Waals surface area contributed by atoms with Crippen LogP contribution in [0.25, 0.3) is 0 Å². The first-order valence-electron chi connectivity index (χ1n) is 11.3. The highest BCUT2D eigenvalue weighted by Crippen LogP contribution is 2.58. The lowest BCUT2D eigenvalue weighted by atomic mass is 9.52. The van der Waals surface area contributed by atoms with Crippen molar-refractivity contribution >= 4 is 15.7 Å². The molecule has 0 aliphatic heterocycles. The Bertz CT molecular complexity index is 675. The van der Waals surface area contributed by atoms with Crippen molar-refractivity contribution in [3.8, 4) is 0 Å². The fraction of sp³-hybridized carbons (Fsp3) is 0.955. The van der Waals surface area contributed by atoms with Gasteiger partial charge in [-0.15, -0.1) is 0 Å². The molecule has 7 saturated carbocycles. The lowest BCUT2D eigenvalue weighted by Crippen LogP contribution is -2.60. The minimum Gasteiger partial charge on any atom is -0.352 e. The molecule has 0 aromatic carbocycles. The maximum Gasteiger partial charge on any atom is 0.226 e. The number of hydrogen-bond donors (Lipinski definition) is 1. The fourth-order valence-electron chi connectivity index (χ4n) is 7.85. The summed E-state index contributed by atoms with van der Waals surface area (Å²) in [6.07, 6.45) is 12.2. The maximum absolute atomic E-state index is 13.4. The summed E-state index contributed by atoms with van der Waals surface area (Å²) in [7, 11) is -2.94. The summed E-state index contributed by atoms with van der Waals surface area (Å²) in [5, 5.41) is 3.56. The monoisotopic (exact) mass is 393 g/mol. The molecule has 0 unspecified atom stereocenters. The molecule has 5 heteroatoms. The number of fused-ring (bicyclic) bond motifs is 3. The van der Waals surface area contributed by atoms with Gasteiger partial charge >= 0.3 is 0 Å². The molecular weight excluding hydrogens is 358 g/mol. The summed E-state index contributed by atoms with van der Waals surface area (Å²) in [5.41, 5.74) is -0.244. The zero-order valence-electron chi connectivity index (χ0n) is 16.7. The van der Waals surface area contributed by atoms with E-state index < -0.39 is 9.84 Å². The molecule has 1 N–H and O–H groups in total. The van der Waals surface area contributed by atoms with Crippen LogP contribution in [0.2, 0.25) is 0 Å². The molecule has 0 radical (unpaired) electrons. The van der Waals surface area contributed by atoms with Crippen molar-refractivity contribution in [2.45, 2.75) is 83.6 Å². The van der Waals surface area contributed by atoms with E-state index in [2.05, 4.69) is 5.32 Å². The Kier molecular flexibility index (Phi) is 4.24. The predicted octanol–water partition coefficient (Wildman–Crippen LogP) is 3.70. The number of carbonyl (C=O) groups is 1. The molecule has 0 heterocycles.